The van der Waals surface area contributed by atoms with Crippen molar-refractivity contribution in [1.29, 1.82) is 0 Å². The number of rotatable bonds is 5. The summed E-state index contributed by atoms with van der Waals surface area (Å²) < 4.78 is 28.4. The van der Waals surface area contributed by atoms with E-state index in [2.05, 4.69) is 0 Å². The maximum atomic E-state index is 11.5. The minimum Gasteiger partial charge on any atom is -0.490 e. The van der Waals surface area contributed by atoms with Crippen LogP contribution in [-0.4, -0.2) is 26.4 Å². The van der Waals surface area contributed by atoms with Gasteiger partial charge in [-0.2, -0.15) is 0 Å². The van der Waals surface area contributed by atoms with Crippen LogP contribution in [0.25, 0.3) is 0 Å². The van der Waals surface area contributed by atoms with Crippen molar-refractivity contribution in [3.63, 3.8) is 0 Å². The number of hydrogen-bond acceptors (Lipinski definition) is 5. The van der Waals surface area contributed by atoms with Crippen LogP contribution in [0.4, 0.5) is 5.69 Å². The molecule has 0 aromatic heterocycles. The van der Waals surface area contributed by atoms with Gasteiger partial charge in [-0.15, -0.1) is 0 Å². The van der Waals surface area contributed by atoms with Gasteiger partial charge in [0.25, 0.3) is 0 Å². The van der Waals surface area contributed by atoms with Gasteiger partial charge in [0.15, 0.2) is 9.84 Å². The molecule has 0 bridgehead atoms. The lowest BCUT2D eigenvalue weighted by Gasteiger charge is -2.14. The highest BCUT2D eigenvalue weighted by Gasteiger charge is 2.12. The van der Waals surface area contributed by atoms with Gasteiger partial charge in [0, 0.05) is 17.5 Å². The molecule has 21 heavy (non-hydrogen) atoms. The molecule has 0 aliphatic rings. The minimum absolute atomic E-state index is 0.0125. The average molecular weight is 307 g/mol. The summed E-state index contributed by atoms with van der Waals surface area (Å²) >= 11 is 0. The highest BCUT2D eigenvalue weighted by molar-refractivity contribution is 7.90. The molecule has 2 aromatic rings. The average Bonchev–Trinajstić information content (AvgIpc) is 2.45. The Morgan fingerprint density at radius 1 is 1.19 bits per heavy atom. The minimum atomic E-state index is -3.29. The molecule has 2 rings (SSSR count). The number of aliphatic hydroxyl groups is 1. The second kappa shape index (κ2) is 6.15. The van der Waals surface area contributed by atoms with Crippen molar-refractivity contribution in [3.8, 4) is 5.75 Å². The predicted molar refractivity (Wildman–Crippen MR) is 80.9 cm³/mol. The van der Waals surface area contributed by atoms with Crippen LogP contribution in [0.2, 0.25) is 0 Å². The molecule has 6 heteroatoms. The number of aliphatic hydroxyl groups excluding tert-OH is 1. The summed E-state index contributed by atoms with van der Waals surface area (Å²) in [6.45, 7) is -0.0125. The normalized spacial score (nSPS) is 12.9. The number of benzene rings is 2. The monoisotopic (exact) mass is 307 g/mol. The molecule has 0 saturated heterocycles. The SMILES string of the molecule is CS(=O)(=O)c1cccc(OCC(O)c2ccccc2N)c1. The molecule has 112 valence electrons. The Morgan fingerprint density at radius 2 is 1.90 bits per heavy atom. The van der Waals surface area contributed by atoms with E-state index in [0.29, 0.717) is 17.0 Å². The lowest BCUT2D eigenvalue weighted by molar-refractivity contribution is 0.108. The van der Waals surface area contributed by atoms with Crippen molar-refractivity contribution < 1.29 is 18.3 Å². The Morgan fingerprint density at radius 3 is 2.57 bits per heavy atom. The van der Waals surface area contributed by atoms with E-state index in [-0.39, 0.29) is 11.5 Å². The Hall–Kier alpha value is -2.05. The van der Waals surface area contributed by atoms with E-state index < -0.39 is 15.9 Å². The van der Waals surface area contributed by atoms with Gasteiger partial charge >= 0.3 is 0 Å². The molecule has 0 fully saturated rings. The van der Waals surface area contributed by atoms with Gasteiger partial charge in [0.2, 0.25) is 0 Å². The fourth-order valence-corrected chi connectivity index (χ4v) is 2.53. The van der Waals surface area contributed by atoms with Crippen LogP contribution < -0.4 is 10.5 Å². The molecule has 0 radical (unpaired) electrons. The van der Waals surface area contributed by atoms with Crippen molar-refractivity contribution >= 4 is 15.5 Å². The number of para-hydroxylation sites is 1. The third kappa shape index (κ3) is 3.96. The van der Waals surface area contributed by atoms with Crippen LogP contribution in [0.15, 0.2) is 53.4 Å². The standard InChI is InChI=1S/C15H17NO4S/c1-21(18,19)12-6-4-5-11(9-12)20-10-15(17)13-7-2-3-8-14(13)16/h2-9,15,17H,10,16H2,1H3. The number of ether oxygens (including phenoxy) is 1. The van der Waals surface area contributed by atoms with Crippen molar-refractivity contribution in [1.82, 2.24) is 0 Å². The summed E-state index contributed by atoms with van der Waals surface area (Å²) in [5.74, 6) is 0.381. The Bertz CT molecular complexity index is 728. The summed E-state index contributed by atoms with van der Waals surface area (Å²) in [5, 5.41) is 10.1. The quantitative estimate of drug-likeness (QED) is 0.822. The van der Waals surface area contributed by atoms with Crippen LogP contribution in [0.3, 0.4) is 0 Å². The first-order valence-corrected chi connectivity index (χ1v) is 8.22. The molecule has 0 aliphatic carbocycles. The number of hydrogen-bond donors (Lipinski definition) is 2. The third-order valence-corrected chi connectivity index (χ3v) is 4.11. The highest BCUT2D eigenvalue weighted by Crippen LogP contribution is 2.22. The summed E-state index contributed by atoms with van der Waals surface area (Å²) in [7, 11) is -3.29. The molecule has 0 aliphatic heterocycles. The fraction of sp³-hybridized carbons (Fsp3) is 0.200. The zero-order valence-electron chi connectivity index (χ0n) is 11.6. The van der Waals surface area contributed by atoms with E-state index in [9.17, 15) is 13.5 Å². The van der Waals surface area contributed by atoms with E-state index in [0.717, 1.165) is 6.26 Å². The summed E-state index contributed by atoms with van der Waals surface area (Å²) in [6, 6.07) is 13.1. The highest BCUT2D eigenvalue weighted by atomic mass is 32.2. The number of sulfone groups is 1. The molecule has 0 amide bonds. The van der Waals surface area contributed by atoms with Gasteiger partial charge in [-0.3, -0.25) is 0 Å². The summed E-state index contributed by atoms with van der Waals surface area (Å²) in [5.41, 5.74) is 6.84. The summed E-state index contributed by atoms with van der Waals surface area (Å²) in [4.78, 5) is 0.175. The van der Waals surface area contributed by atoms with E-state index in [1.807, 2.05) is 0 Å². The lowest BCUT2D eigenvalue weighted by Crippen LogP contribution is -2.11. The van der Waals surface area contributed by atoms with E-state index in [4.69, 9.17) is 10.5 Å². The number of nitrogen functional groups attached to an aromatic ring is 1. The zero-order chi connectivity index (χ0) is 15.5. The lowest BCUT2D eigenvalue weighted by atomic mass is 10.1. The second-order valence-corrected chi connectivity index (χ2v) is 6.72. The Balaban J connectivity index is 2.09. The van der Waals surface area contributed by atoms with Crippen LogP contribution in [0.1, 0.15) is 11.7 Å². The topological polar surface area (TPSA) is 89.6 Å². The van der Waals surface area contributed by atoms with Crippen LogP contribution in [-0.2, 0) is 9.84 Å². The largest absolute Gasteiger partial charge is 0.490 e. The van der Waals surface area contributed by atoms with E-state index >= 15 is 0 Å². The maximum absolute atomic E-state index is 11.5. The van der Waals surface area contributed by atoms with Crippen molar-refractivity contribution in [2.45, 2.75) is 11.0 Å². The van der Waals surface area contributed by atoms with Gasteiger partial charge in [-0.25, -0.2) is 8.42 Å². The third-order valence-electron chi connectivity index (χ3n) is 3.00. The first-order chi connectivity index (χ1) is 9.88. The fourth-order valence-electron chi connectivity index (χ4n) is 1.87. The van der Waals surface area contributed by atoms with Crippen molar-refractivity contribution in [2.75, 3.05) is 18.6 Å². The molecule has 0 heterocycles. The smallest absolute Gasteiger partial charge is 0.175 e. The van der Waals surface area contributed by atoms with E-state index in [1.165, 1.54) is 12.1 Å². The van der Waals surface area contributed by atoms with Gasteiger partial charge in [0.05, 0.1) is 4.90 Å². The first kappa shape index (κ1) is 15.3. The molecule has 0 spiro atoms. The first-order valence-electron chi connectivity index (χ1n) is 6.33. The molecule has 0 saturated carbocycles. The predicted octanol–water partition coefficient (Wildman–Crippen LogP) is 1.78. The summed E-state index contributed by atoms with van der Waals surface area (Å²) in [6.07, 6.45) is 0.249. The van der Waals surface area contributed by atoms with Crippen LogP contribution >= 0.6 is 0 Å². The van der Waals surface area contributed by atoms with E-state index in [1.54, 1.807) is 36.4 Å². The molecule has 1 atom stereocenters. The number of anilines is 1. The molecule has 5 nitrogen and oxygen atoms in total. The van der Waals surface area contributed by atoms with Gasteiger partial charge in [-0.05, 0) is 24.3 Å². The zero-order valence-corrected chi connectivity index (χ0v) is 12.4. The van der Waals surface area contributed by atoms with Crippen LogP contribution in [0, 0.1) is 0 Å². The molecule has 1 unspecified atom stereocenters. The Labute approximate surface area is 123 Å². The number of nitrogens with two attached hydrogens (primary N) is 1. The molecule has 3 N–H and O–H groups in total. The Kier molecular flexibility index (Phi) is 4.50. The molecular formula is C15H17NO4S. The second-order valence-electron chi connectivity index (χ2n) is 4.70. The van der Waals surface area contributed by atoms with Crippen molar-refractivity contribution in [3.05, 3.63) is 54.1 Å². The van der Waals surface area contributed by atoms with Gasteiger partial charge < -0.3 is 15.6 Å². The van der Waals surface area contributed by atoms with Gasteiger partial charge in [0.1, 0.15) is 18.5 Å². The van der Waals surface area contributed by atoms with Crippen molar-refractivity contribution in [2.24, 2.45) is 0 Å². The molecule has 2 aromatic carbocycles. The van der Waals surface area contributed by atoms with Crippen LogP contribution in [0.5, 0.6) is 5.75 Å². The molecular weight excluding hydrogens is 290 g/mol. The van der Waals surface area contributed by atoms with Gasteiger partial charge in [-0.1, -0.05) is 24.3 Å². The maximum Gasteiger partial charge on any atom is 0.175 e.